The molecule has 0 saturated carbocycles. The Morgan fingerprint density at radius 2 is 0.800 bits per heavy atom. The molecule has 206 valence electrons. The van der Waals surface area contributed by atoms with Crippen LogP contribution in [0.2, 0.25) is 0 Å². The number of benzene rings is 5. The van der Waals surface area contributed by atoms with Gasteiger partial charge in [-0.2, -0.15) is 8.78 Å². The Kier molecular flexibility index (Phi) is 6.35. The van der Waals surface area contributed by atoms with E-state index in [9.17, 15) is 30.7 Å². The minimum atomic E-state index is -2.62. The van der Waals surface area contributed by atoms with Gasteiger partial charge in [0.1, 0.15) is 17.5 Å². The lowest BCUT2D eigenvalue weighted by atomic mass is 9.84. The predicted octanol–water partition coefficient (Wildman–Crippen LogP) is 9.00. The summed E-state index contributed by atoms with van der Waals surface area (Å²) in [6.45, 7) is 0. The molecule has 0 radical (unpaired) electrons. The normalized spacial score (nSPS) is 11.6. The van der Waals surface area contributed by atoms with Crippen LogP contribution in [0.1, 0.15) is 0 Å². The van der Waals surface area contributed by atoms with Crippen molar-refractivity contribution < 1.29 is 57.4 Å². The molecule has 13 heteroatoms. The zero-order valence-corrected chi connectivity index (χ0v) is 19.3. The summed E-state index contributed by atoms with van der Waals surface area (Å²) in [5, 5.41) is -4.88. The molecule has 1 nitrogen and oxygen atoms in total. The number of methoxy groups -OCH3 is 1. The molecule has 0 aromatic heterocycles. The molecule has 0 amide bonds. The van der Waals surface area contributed by atoms with Crippen LogP contribution in [-0.2, 0) is 0 Å². The zero-order valence-electron chi connectivity index (χ0n) is 19.3. The van der Waals surface area contributed by atoms with E-state index in [4.69, 9.17) is 0 Å². The zero-order chi connectivity index (χ0) is 29.4. The molecule has 0 atom stereocenters. The second kappa shape index (κ2) is 9.35. The Labute approximate surface area is 214 Å². The minimum absolute atomic E-state index is 0.311. The van der Waals surface area contributed by atoms with Gasteiger partial charge in [-0.15, -0.1) is 0 Å². The maximum Gasteiger partial charge on any atom is 0.204 e. The Morgan fingerprint density at radius 1 is 0.400 bits per heavy atom. The molecule has 0 aliphatic rings. The van der Waals surface area contributed by atoms with Gasteiger partial charge >= 0.3 is 0 Å². The number of rotatable bonds is 3. The maximum atomic E-state index is 15.4. The van der Waals surface area contributed by atoms with Gasteiger partial charge in [0.25, 0.3) is 0 Å². The highest BCUT2D eigenvalue weighted by atomic mass is 19.2. The first-order valence-electron chi connectivity index (χ1n) is 10.8. The topological polar surface area (TPSA) is 9.23 Å². The quantitative estimate of drug-likeness (QED) is 0.0902. The van der Waals surface area contributed by atoms with E-state index >= 15 is 22.0 Å². The lowest BCUT2D eigenvalue weighted by Crippen LogP contribution is -2.08. The molecule has 0 unspecified atom stereocenters. The summed E-state index contributed by atoms with van der Waals surface area (Å²) >= 11 is 0. The third kappa shape index (κ3) is 3.52. The summed E-state index contributed by atoms with van der Waals surface area (Å²) in [4.78, 5) is 0. The third-order valence-corrected chi connectivity index (χ3v) is 6.27. The Hall–Kier alpha value is -4.42. The maximum absolute atomic E-state index is 15.4. The van der Waals surface area contributed by atoms with Crippen molar-refractivity contribution in [3.63, 3.8) is 0 Å². The Balaban J connectivity index is 2.18. The molecule has 0 N–H and O–H groups in total. The Bertz CT molecular complexity index is 1860. The standard InChI is InChI=1S/C27H8F12O/c1-40-27-25(38)20(33)16(21(34)26(27)39)12-7-3-2-4-8(28)11(7)15(14-10(30)6-5-9(29)13(12)14)17-18(31)22(35)24(37)23(36)19(17)32/h2-6H,1H3. The van der Waals surface area contributed by atoms with Crippen molar-refractivity contribution in [2.45, 2.75) is 0 Å². The third-order valence-electron chi connectivity index (χ3n) is 6.27. The summed E-state index contributed by atoms with van der Waals surface area (Å²) in [7, 11) is 0.661. The molecule has 0 heterocycles. The van der Waals surface area contributed by atoms with Gasteiger partial charge in [-0.1, -0.05) is 12.1 Å². The molecule has 5 rings (SSSR count). The van der Waals surface area contributed by atoms with Gasteiger partial charge in [-0.05, 0) is 23.6 Å². The fourth-order valence-electron chi connectivity index (χ4n) is 4.63. The second-order valence-corrected chi connectivity index (χ2v) is 8.30. The first kappa shape index (κ1) is 27.2. The fraction of sp³-hybridized carbons (Fsp3) is 0.0370. The van der Waals surface area contributed by atoms with E-state index in [-0.39, 0.29) is 0 Å². The van der Waals surface area contributed by atoms with Crippen LogP contribution < -0.4 is 4.74 Å². The molecule has 0 saturated heterocycles. The molecule has 0 aliphatic heterocycles. The number of halogens is 12. The molecular weight excluding hydrogens is 568 g/mol. The Morgan fingerprint density at radius 3 is 1.30 bits per heavy atom. The van der Waals surface area contributed by atoms with Crippen molar-refractivity contribution in [3.8, 4) is 28.0 Å². The molecule has 0 bridgehead atoms. The van der Waals surface area contributed by atoms with Crippen molar-refractivity contribution in [1.82, 2.24) is 0 Å². The largest absolute Gasteiger partial charge is 0.491 e. The van der Waals surface area contributed by atoms with Gasteiger partial charge in [0, 0.05) is 27.3 Å². The van der Waals surface area contributed by atoms with Crippen molar-refractivity contribution >= 4 is 21.5 Å². The van der Waals surface area contributed by atoms with E-state index in [0.29, 0.717) is 25.3 Å². The number of hydrogen-bond acceptors (Lipinski definition) is 1. The molecule has 40 heavy (non-hydrogen) atoms. The van der Waals surface area contributed by atoms with Crippen LogP contribution in [0, 0.1) is 69.8 Å². The van der Waals surface area contributed by atoms with Crippen molar-refractivity contribution in [2.75, 3.05) is 7.11 Å². The van der Waals surface area contributed by atoms with Gasteiger partial charge in [0.15, 0.2) is 40.7 Å². The van der Waals surface area contributed by atoms with Crippen LogP contribution in [0.25, 0.3) is 43.8 Å². The first-order valence-corrected chi connectivity index (χ1v) is 10.8. The fourth-order valence-corrected chi connectivity index (χ4v) is 4.63. The van der Waals surface area contributed by atoms with Crippen LogP contribution in [0.4, 0.5) is 52.7 Å². The van der Waals surface area contributed by atoms with Crippen LogP contribution in [0.3, 0.4) is 0 Å². The summed E-state index contributed by atoms with van der Waals surface area (Å²) < 4.78 is 182. The highest BCUT2D eigenvalue weighted by molar-refractivity contribution is 6.22. The van der Waals surface area contributed by atoms with Gasteiger partial charge in [-0.25, -0.2) is 43.9 Å². The number of ether oxygens (including phenoxy) is 1. The molecule has 0 spiro atoms. The van der Waals surface area contributed by atoms with Gasteiger partial charge in [-0.3, -0.25) is 0 Å². The minimum Gasteiger partial charge on any atom is -0.491 e. The molecule has 5 aromatic carbocycles. The SMILES string of the molecule is COc1c(F)c(F)c(-c2c3cccc(F)c3c(-c3c(F)c(F)c(F)c(F)c3F)c3c(F)ccc(F)c23)c(F)c1F. The summed E-state index contributed by atoms with van der Waals surface area (Å²) in [5.74, 6) is -27.9. The highest BCUT2D eigenvalue weighted by Gasteiger charge is 2.35. The summed E-state index contributed by atoms with van der Waals surface area (Å²) in [6.07, 6.45) is 0. The average Bonchev–Trinajstić information content (AvgIpc) is 2.93. The number of hydrogen-bond donors (Lipinski definition) is 0. The lowest BCUT2D eigenvalue weighted by molar-refractivity contribution is 0.334. The van der Waals surface area contributed by atoms with Crippen LogP contribution in [0.5, 0.6) is 5.75 Å². The van der Waals surface area contributed by atoms with Crippen LogP contribution in [0.15, 0.2) is 30.3 Å². The smallest absolute Gasteiger partial charge is 0.204 e. The van der Waals surface area contributed by atoms with E-state index < -0.39 is 119 Å². The van der Waals surface area contributed by atoms with E-state index in [2.05, 4.69) is 4.74 Å². The van der Waals surface area contributed by atoms with Crippen LogP contribution >= 0.6 is 0 Å². The molecule has 0 aliphatic carbocycles. The predicted molar refractivity (Wildman–Crippen MR) is 118 cm³/mol. The first-order chi connectivity index (χ1) is 18.8. The summed E-state index contributed by atoms with van der Waals surface area (Å²) in [6, 6.07) is 2.78. The van der Waals surface area contributed by atoms with E-state index in [1.807, 2.05) is 0 Å². The molecule has 0 fully saturated rings. The number of fused-ring (bicyclic) bond motifs is 2. The molecule has 5 aromatic rings. The lowest BCUT2D eigenvalue weighted by Gasteiger charge is -2.21. The van der Waals surface area contributed by atoms with Crippen molar-refractivity contribution in [1.29, 1.82) is 0 Å². The monoisotopic (exact) mass is 576 g/mol. The van der Waals surface area contributed by atoms with E-state index in [1.165, 1.54) is 0 Å². The van der Waals surface area contributed by atoms with Crippen molar-refractivity contribution in [2.24, 2.45) is 0 Å². The van der Waals surface area contributed by atoms with Gasteiger partial charge < -0.3 is 4.74 Å². The van der Waals surface area contributed by atoms with E-state index in [1.54, 1.807) is 0 Å². The second-order valence-electron chi connectivity index (χ2n) is 8.30. The highest BCUT2D eigenvalue weighted by Crippen LogP contribution is 2.50. The van der Waals surface area contributed by atoms with Gasteiger partial charge in [0.05, 0.1) is 18.2 Å². The van der Waals surface area contributed by atoms with Crippen molar-refractivity contribution in [3.05, 3.63) is 100 Å². The van der Waals surface area contributed by atoms with Crippen LogP contribution in [-0.4, -0.2) is 7.11 Å². The van der Waals surface area contributed by atoms with E-state index in [0.717, 1.165) is 12.1 Å². The molecular formula is C27H8F12O. The average molecular weight is 576 g/mol. The van der Waals surface area contributed by atoms with Gasteiger partial charge in [0.2, 0.25) is 17.5 Å². The summed E-state index contributed by atoms with van der Waals surface area (Å²) in [5.41, 5.74) is -6.26.